The molecule has 0 aromatic heterocycles. The molecule has 8 heteroatoms. The lowest BCUT2D eigenvalue weighted by molar-refractivity contribution is 0.377. The molecule has 0 aliphatic heterocycles. The van der Waals surface area contributed by atoms with Gasteiger partial charge in [-0.15, -0.1) is 0 Å². The Bertz CT molecular complexity index is 512. The summed E-state index contributed by atoms with van der Waals surface area (Å²) in [5.41, 5.74) is 5.75. The molecule has 1 aromatic rings. The second kappa shape index (κ2) is 5.98. The molecule has 1 aromatic carbocycles. The highest BCUT2D eigenvalue weighted by Crippen LogP contribution is 2.17. The number of benzene rings is 1. The van der Waals surface area contributed by atoms with Gasteiger partial charge < -0.3 is 10.5 Å². The molecule has 0 amide bonds. The molecule has 1 rings (SSSR count). The van der Waals surface area contributed by atoms with Crippen molar-refractivity contribution in [3.05, 3.63) is 24.3 Å². The fourth-order valence-corrected chi connectivity index (χ4v) is 1.69. The zero-order chi connectivity index (χ0) is 13.8. The fourth-order valence-electron chi connectivity index (χ4n) is 1.01. The van der Waals surface area contributed by atoms with Crippen LogP contribution in [0.4, 0.5) is 5.69 Å². The first-order chi connectivity index (χ1) is 8.31. The van der Waals surface area contributed by atoms with E-state index in [9.17, 15) is 8.42 Å². The zero-order valence-corrected chi connectivity index (χ0v) is 11.7. The summed E-state index contributed by atoms with van der Waals surface area (Å²) < 4.78 is 31.8. The van der Waals surface area contributed by atoms with Gasteiger partial charge >= 0.3 is 10.2 Å². The number of nitrogens with zero attached hydrogens (tertiary/aromatic N) is 1. The molecule has 0 aliphatic carbocycles. The van der Waals surface area contributed by atoms with E-state index in [1.165, 1.54) is 14.1 Å². The third kappa shape index (κ3) is 4.47. The quantitative estimate of drug-likeness (QED) is 0.748. The van der Waals surface area contributed by atoms with Gasteiger partial charge in [-0.3, -0.25) is 4.72 Å². The van der Waals surface area contributed by atoms with E-state index < -0.39 is 10.2 Å². The summed E-state index contributed by atoms with van der Waals surface area (Å²) in [5, 5.41) is 0. The van der Waals surface area contributed by atoms with Gasteiger partial charge in [0.05, 0.1) is 5.69 Å². The van der Waals surface area contributed by atoms with Crippen molar-refractivity contribution in [3.8, 4) is 5.75 Å². The van der Waals surface area contributed by atoms with E-state index in [4.69, 9.17) is 10.5 Å². The summed E-state index contributed by atoms with van der Waals surface area (Å²) in [5.74, 6) is 0.565. The van der Waals surface area contributed by atoms with E-state index in [-0.39, 0.29) is 11.6 Å². The topological polar surface area (TPSA) is 84.7 Å². The molecule has 0 atom stereocenters. The van der Waals surface area contributed by atoms with E-state index >= 15 is 0 Å². The van der Waals surface area contributed by atoms with E-state index in [1.807, 2.05) is 0 Å². The SMILES string of the molecule is CN(C)S(=O)(=O)Nc1ccc(OCC(N)=S)cc1. The normalized spacial score (nSPS) is 11.3. The van der Waals surface area contributed by atoms with Gasteiger partial charge in [-0.05, 0) is 24.3 Å². The zero-order valence-electron chi connectivity index (χ0n) is 10.1. The van der Waals surface area contributed by atoms with Crippen molar-refractivity contribution in [3.63, 3.8) is 0 Å². The smallest absolute Gasteiger partial charge is 0.301 e. The third-order valence-corrected chi connectivity index (χ3v) is 3.54. The minimum atomic E-state index is -3.49. The largest absolute Gasteiger partial charge is 0.487 e. The molecule has 100 valence electrons. The molecule has 6 nitrogen and oxygen atoms in total. The van der Waals surface area contributed by atoms with Crippen LogP contribution in [0.3, 0.4) is 0 Å². The predicted octanol–water partition coefficient (Wildman–Crippen LogP) is 0.570. The Kier molecular flexibility index (Phi) is 4.88. The molecular weight excluding hydrogens is 274 g/mol. The maximum absolute atomic E-state index is 11.5. The highest BCUT2D eigenvalue weighted by Gasteiger charge is 2.12. The molecule has 0 unspecified atom stereocenters. The number of thiocarbonyl (C=S) groups is 1. The van der Waals surface area contributed by atoms with Crippen LogP contribution in [0.5, 0.6) is 5.75 Å². The molecule has 0 spiro atoms. The third-order valence-electron chi connectivity index (χ3n) is 1.96. The van der Waals surface area contributed by atoms with Crippen molar-refractivity contribution in [2.24, 2.45) is 5.73 Å². The van der Waals surface area contributed by atoms with Gasteiger partial charge in [0.15, 0.2) is 0 Å². The maximum atomic E-state index is 11.5. The van der Waals surface area contributed by atoms with Gasteiger partial charge in [0.2, 0.25) is 0 Å². The number of nitrogens with two attached hydrogens (primary N) is 1. The molecule has 0 heterocycles. The van der Waals surface area contributed by atoms with Crippen molar-refractivity contribution in [2.75, 3.05) is 25.4 Å². The molecule has 0 fully saturated rings. The molecule has 0 radical (unpaired) electrons. The van der Waals surface area contributed by atoms with E-state index in [2.05, 4.69) is 16.9 Å². The van der Waals surface area contributed by atoms with Gasteiger partial charge in [-0.25, -0.2) is 0 Å². The molecule has 0 saturated heterocycles. The summed E-state index contributed by atoms with van der Waals surface area (Å²) in [6.07, 6.45) is 0. The van der Waals surface area contributed by atoms with Crippen LogP contribution in [-0.4, -0.2) is 38.4 Å². The first-order valence-corrected chi connectivity index (χ1v) is 6.87. The van der Waals surface area contributed by atoms with Crippen LogP contribution in [-0.2, 0) is 10.2 Å². The van der Waals surface area contributed by atoms with E-state index in [0.717, 1.165) is 4.31 Å². The molecule has 0 saturated carbocycles. The highest BCUT2D eigenvalue weighted by atomic mass is 32.2. The first kappa shape index (κ1) is 14.7. The predicted molar refractivity (Wildman–Crippen MR) is 75.0 cm³/mol. The average molecular weight is 289 g/mol. The summed E-state index contributed by atoms with van der Waals surface area (Å²) in [7, 11) is -0.595. The minimum Gasteiger partial charge on any atom is -0.487 e. The number of anilines is 1. The number of rotatable bonds is 6. The van der Waals surface area contributed by atoms with Crippen LogP contribution in [0.1, 0.15) is 0 Å². The molecule has 0 bridgehead atoms. The highest BCUT2D eigenvalue weighted by molar-refractivity contribution is 7.90. The van der Waals surface area contributed by atoms with Gasteiger partial charge in [0.25, 0.3) is 0 Å². The number of ether oxygens (including phenoxy) is 1. The van der Waals surface area contributed by atoms with Crippen LogP contribution in [0.25, 0.3) is 0 Å². The van der Waals surface area contributed by atoms with Crippen molar-refractivity contribution in [2.45, 2.75) is 0 Å². The van der Waals surface area contributed by atoms with Crippen LogP contribution in [0.15, 0.2) is 24.3 Å². The van der Waals surface area contributed by atoms with Gasteiger partial charge in [0, 0.05) is 14.1 Å². The van der Waals surface area contributed by atoms with Crippen molar-refractivity contribution < 1.29 is 13.2 Å². The summed E-state index contributed by atoms with van der Waals surface area (Å²) in [6.45, 7) is 0.151. The molecule has 0 aliphatic rings. The van der Waals surface area contributed by atoms with Gasteiger partial charge in [0.1, 0.15) is 17.3 Å². The van der Waals surface area contributed by atoms with E-state index in [1.54, 1.807) is 24.3 Å². The Morgan fingerprint density at radius 3 is 2.39 bits per heavy atom. The number of hydrogen-bond acceptors (Lipinski definition) is 4. The number of nitrogens with one attached hydrogen (secondary N) is 1. The van der Waals surface area contributed by atoms with Crippen molar-refractivity contribution in [1.29, 1.82) is 0 Å². The van der Waals surface area contributed by atoms with Gasteiger partial charge in [-0.2, -0.15) is 12.7 Å². The van der Waals surface area contributed by atoms with Gasteiger partial charge in [-0.1, -0.05) is 12.2 Å². The fraction of sp³-hybridized carbons (Fsp3) is 0.300. The van der Waals surface area contributed by atoms with Crippen LogP contribution in [0.2, 0.25) is 0 Å². The maximum Gasteiger partial charge on any atom is 0.301 e. The first-order valence-electron chi connectivity index (χ1n) is 5.02. The van der Waals surface area contributed by atoms with Crippen molar-refractivity contribution >= 4 is 33.1 Å². The second-order valence-electron chi connectivity index (χ2n) is 3.67. The van der Waals surface area contributed by atoms with E-state index in [0.29, 0.717) is 11.4 Å². The van der Waals surface area contributed by atoms with Crippen LogP contribution < -0.4 is 15.2 Å². The van der Waals surface area contributed by atoms with Crippen LogP contribution >= 0.6 is 12.2 Å². The Labute approximate surface area is 112 Å². The lowest BCUT2D eigenvalue weighted by Gasteiger charge is -2.13. The Balaban J connectivity index is 2.69. The Morgan fingerprint density at radius 2 is 1.94 bits per heavy atom. The second-order valence-corrected chi connectivity index (χ2v) is 6.08. The lowest BCUT2D eigenvalue weighted by atomic mass is 10.3. The summed E-state index contributed by atoms with van der Waals surface area (Å²) in [4.78, 5) is 0.257. The standard InChI is InChI=1S/C10H15N3O3S2/c1-13(2)18(14,15)12-8-3-5-9(6-4-8)16-7-10(11)17/h3-6,12H,7H2,1-2H3,(H2,11,17). The molecule has 18 heavy (non-hydrogen) atoms. The minimum absolute atomic E-state index is 0.151. The van der Waals surface area contributed by atoms with Crippen LogP contribution in [0, 0.1) is 0 Å². The lowest BCUT2D eigenvalue weighted by Crippen LogP contribution is -2.28. The monoisotopic (exact) mass is 289 g/mol. The van der Waals surface area contributed by atoms with Crippen molar-refractivity contribution in [1.82, 2.24) is 4.31 Å². The summed E-state index contributed by atoms with van der Waals surface area (Å²) in [6, 6.07) is 6.45. The Hall–Kier alpha value is -1.38. The summed E-state index contributed by atoms with van der Waals surface area (Å²) >= 11 is 4.68. The Morgan fingerprint density at radius 1 is 1.39 bits per heavy atom. The number of hydrogen-bond donors (Lipinski definition) is 2. The average Bonchev–Trinajstić information content (AvgIpc) is 2.27. The molecule has 3 N–H and O–H groups in total. The molecular formula is C10H15N3O3S2.